The number of methoxy groups -OCH3 is 2. The molecular weight excluding hydrogens is 486 g/mol. The Morgan fingerprint density at radius 1 is 0.895 bits per heavy atom. The minimum atomic E-state index is -0.0166. The lowest BCUT2D eigenvalue weighted by molar-refractivity contribution is 0.0774. The van der Waals surface area contributed by atoms with E-state index in [0.717, 1.165) is 25.1 Å². The summed E-state index contributed by atoms with van der Waals surface area (Å²) in [7, 11) is 3.18. The van der Waals surface area contributed by atoms with Crippen LogP contribution >= 0.6 is 0 Å². The van der Waals surface area contributed by atoms with Crippen LogP contribution in [-0.2, 0) is 0 Å². The smallest absolute Gasteiger partial charge is 0.256 e. The molecule has 0 saturated carbocycles. The predicted molar refractivity (Wildman–Crippen MR) is 145 cm³/mol. The van der Waals surface area contributed by atoms with Crippen LogP contribution in [0, 0.1) is 0 Å². The van der Waals surface area contributed by atoms with Crippen molar-refractivity contribution in [3.8, 4) is 34.5 Å². The fourth-order valence-electron chi connectivity index (χ4n) is 4.51. The maximum atomic E-state index is 13.0. The number of nitrogens with two attached hydrogens (primary N) is 1. The van der Waals surface area contributed by atoms with Crippen LogP contribution in [-0.4, -0.2) is 57.0 Å². The van der Waals surface area contributed by atoms with Gasteiger partial charge in [0, 0.05) is 31.3 Å². The van der Waals surface area contributed by atoms with E-state index in [9.17, 15) is 4.79 Å². The SMILES string of the molecule is COc1ccc(Oc2cc(OCCCOc3cc4c(cc3OC)C(=O)N3CCC[C@H]3C=N4)ccc2N)cc1. The van der Waals surface area contributed by atoms with Crippen molar-refractivity contribution in [3.63, 3.8) is 0 Å². The number of aliphatic imine (C=N–C) groups is 1. The van der Waals surface area contributed by atoms with E-state index in [2.05, 4.69) is 4.99 Å². The molecular formula is C29H31N3O6. The van der Waals surface area contributed by atoms with Gasteiger partial charge in [0.1, 0.15) is 17.2 Å². The normalized spacial score (nSPS) is 15.9. The molecule has 9 heteroatoms. The molecule has 9 nitrogen and oxygen atoms in total. The number of ether oxygens (including phenoxy) is 5. The second-order valence-electron chi connectivity index (χ2n) is 9.03. The van der Waals surface area contributed by atoms with Crippen molar-refractivity contribution in [2.45, 2.75) is 25.3 Å². The number of carbonyl (C=O) groups excluding carboxylic acids is 1. The topological polar surface area (TPSA) is 105 Å². The van der Waals surface area contributed by atoms with E-state index in [1.807, 2.05) is 35.4 Å². The number of benzene rings is 3. The van der Waals surface area contributed by atoms with Crippen molar-refractivity contribution < 1.29 is 28.5 Å². The van der Waals surface area contributed by atoms with Gasteiger partial charge in [0.2, 0.25) is 0 Å². The van der Waals surface area contributed by atoms with Crippen LogP contribution in [0.15, 0.2) is 59.6 Å². The first-order valence-electron chi connectivity index (χ1n) is 12.6. The molecule has 0 unspecified atom stereocenters. The van der Waals surface area contributed by atoms with Gasteiger partial charge in [0.25, 0.3) is 5.91 Å². The summed E-state index contributed by atoms with van der Waals surface area (Å²) in [5, 5.41) is 0. The average molecular weight is 518 g/mol. The van der Waals surface area contributed by atoms with Gasteiger partial charge in [0.15, 0.2) is 17.2 Å². The zero-order chi connectivity index (χ0) is 26.5. The minimum Gasteiger partial charge on any atom is -0.497 e. The number of nitrogens with zero attached hydrogens (tertiary/aromatic N) is 2. The average Bonchev–Trinajstić information content (AvgIpc) is 3.37. The van der Waals surface area contributed by atoms with E-state index in [1.165, 1.54) is 0 Å². The van der Waals surface area contributed by atoms with E-state index in [4.69, 9.17) is 29.4 Å². The summed E-state index contributed by atoms with van der Waals surface area (Å²) in [4.78, 5) is 19.5. The predicted octanol–water partition coefficient (Wildman–Crippen LogP) is 5.25. The number of rotatable bonds is 10. The van der Waals surface area contributed by atoms with Crippen LogP contribution in [0.5, 0.6) is 34.5 Å². The Morgan fingerprint density at radius 2 is 1.66 bits per heavy atom. The molecule has 2 aliphatic heterocycles. The van der Waals surface area contributed by atoms with E-state index in [0.29, 0.717) is 65.3 Å². The van der Waals surface area contributed by atoms with E-state index < -0.39 is 0 Å². The molecule has 0 bridgehead atoms. The summed E-state index contributed by atoms with van der Waals surface area (Å²) in [6.45, 7) is 1.57. The molecule has 0 spiro atoms. The van der Waals surface area contributed by atoms with Gasteiger partial charge in [-0.25, -0.2) is 0 Å². The number of nitrogen functional groups attached to an aromatic ring is 1. The van der Waals surface area contributed by atoms with Gasteiger partial charge in [-0.1, -0.05) is 0 Å². The quantitative estimate of drug-likeness (QED) is 0.289. The number of amides is 1. The van der Waals surface area contributed by atoms with Crippen LogP contribution in [0.3, 0.4) is 0 Å². The van der Waals surface area contributed by atoms with Crippen molar-refractivity contribution in [2.75, 3.05) is 39.7 Å². The standard InChI is InChI=1S/C29H31N3O6/c1-34-20-6-8-21(9-7-20)38-26-15-22(10-11-24(26)30)36-13-4-14-37-28-17-25-23(16-27(28)35-2)29(33)32-12-3-5-19(32)18-31-25/h6-11,15-19H,3-5,12-14,30H2,1-2H3/t19-/m0/s1. The highest BCUT2D eigenvalue weighted by Gasteiger charge is 2.32. The Balaban J connectivity index is 1.17. The van der Waals surface area contributed by atoms with Gasteiger partial charge in [-0.15, -0.1) is 0 Å². The summed E-state index contributed by atoms with van der Waals surface area (Å²) in [5.41, 5.74) is 7.73. The first kappa shape index (κ1) is 25.3. The molecule has 0 aliphatic carbocycles. The van der Waals surface area contributed by atoms with Crippen molar-refractivity contribution >= 4 is 23.5 Å². The van der Waals surface area contributed by atoms with Gasteiger partial charge in [0.05, 0.1) is 50.4 Å². The molecule has 2 aliphatic rings. The fraction of sp³-hybridized carbons (Fsp3) is 0.310. The lowest BCUT2D eigenvalue weighted by atomic mass is 10.1. The van der Waals surface area contributed by atoms with Gasteiger partial charge in [-0.05, 0) is 55.3 Å². The molecule has 3 aromatic rings. The Hall–Kier alpha value is -4.40. The van der Waals surface area contributed by atoms with Gasteiger partial charge in [-0.3, -0.25) is 9.79 Å². The zero-order valence-corrected chi connectivity index (χ0v) is 21.5. The molecule has 1 saturated heterocycles. The van der Waals surface area contributed by atoms with E-state index in [-0.39, 0.29) is 11.9 Å². The number of anilines is 1. The zero-order valence-electron chi connectivity index (χ0n) is 21.5. The summed E-state index contributed by atoms with van der Waals surface area (Å²) < 4.78 is 28.5. The summed E-state index contributed by atoms with van der Waals surface area (Å²) >= 11 is 0. The number of hydrogen-bond donors (Lipinski definition) is 1. The monoisotopic (exact) mass is 517 g/mol. The van der Waals surface area contributed by atoms with Gasteiger partial charge in [-0.2, -0.15) is 0 Å². The van der Waals surface area contributed by atoms with Crippen LogP contribution in [0.25, 0.3) is 0 Å². The summed E-state index contributed by atoms with van der Waals surface area (Å²) in [6.07, 6.45) is 4.41. The highest BCUT2D eigenvalue weighted by atomic mass is 16.5. The highest BCUT2D eigenvalue weighted by Crippen LogP contribution is 2.38. The van der Waals surface area contributed by atoms with Crippen molar-refractivity contribution in [2.24, 2.45) is 4.99 Å². The number of carbonyl (C=O) groups is 1. The van der Waals surface area contributed by atoms with Crippen LogP contribution in [0.1, 0.15) is 29.6 Å². The molecule has 5 rings (SSSR count). The van der Waals surface area contributed by atoms with Crippen molar-refractivity contribution in [1.82, 2.24) is 4.90 Å². The number of hydrogen-bond acceptors (Lipinski definition) is 8. The van der Waals surface area contributed by atoms with Crippen LogP contribution < -0.4 is 29.4 Å². The molecule has 198 valence electrons. The molecule has 1 fully saturated rings. The van der Waals surface area contributed by atoms with E-state index >= 15 is 0 Å². The van der Waals surface area contributed by atoms with Gasteiger partial charge < -0.3 is 34.3 Å². The Kier molecular flexibility index (Phi) is 7.53. The first-order valence-corrected chi connectivity index (χ1v) is 12.6. The molecule has 38 heavy (non-hydrogen) atoms. The maximum absolute atomic E-state index is 13.0. The molecule has 2 N–H and O–H groups in total. The minimum absolute atomic E-state index is 0.0166. The molecule has 2 heterocycles. The van der Waals surface area contributed by atoms with Crippen LogP contribution in [0.2, 0.25) is 0 Å². The molecule has 0 radical (unpaired) electrons. The molecule has 3 aromatic carbocycles. The van der Waals surface area contributed by atoms with Crippen molar-refractivity contribution in [3.05, 3.63) is 60.2 Å². The molecule has 1 atom stereocenters. The lowest BCUT2D eigenvalue weighted by Gasteiger charge is -2.20. The third kappa shape index (κ3) is 5.46. The van der Waals surface area contributed by atoms with Gasteiger partial charge >= 0.3 is 0 Å². The fourth-order valence-corrected chi connectivity index (χ4v) is 4.51. The second kappa shape index (κ2) is 11.3. The number of fused-ring (bicyclic) bond motifs is 2. The summed E-state index contributed by atoms with van der Waals surface area (Å²) in [5.74, 6) is 3.56. The van der Waals surface area contributed by atoms with Crippen molar-refractivity contribution in [1.29, 1.82) is 0 Å². The van der Waals surface area contributed by atoms with E-state index in [1.54, 1.807) is 44.6 Å². The Bertz CT molecular complexity index is 1320. The molecule has 1 amide bonds. The lowest BCUT2D eigenvalue weighted by Crippen LogP contribution is -2.35. The van der Waals surface area contributed by atoms with Crippen LogP contribution in [0.4, 0.5) is 11.4 Å². The Labute approximate surface area is 221 Å². The Morgan fingerprint density at radius 3 is 2.45 bits per heavy atom. The molecule has 0 aromatic heterocycles. The first-order chi connectivity index (χ1) is 18.6. The largest absolute Gasteiger partial charge is 0.497 e. The third-order valence-corrected chi connectivity index (χ3v) is 6.55. The highest BCUT2D eigenvalue weighted by molar-refractivity contribution is 6.03. The maximum Gasteiger partial charge on any atom is 0.256 e. The third-order valence-electron chi connectivity index (χ3n) is 6.55. The second-order valence-corrected chi connectivity index (χ2v) is 9.03. The summed E-state index contributed by atoms with van der Waals surface area (Å²) in [6, 6.07) is 16.1.